The van der Waals surface area contributed by atoms with Gasteiger partial charge in [0, 0.05) is 37.3 Å². The third-order valence-corrected chi connectivity index (χ3v) is 10.3. The summed E-state index contributed by atoms with van der Waals surface area (Å²) in [6.07, 6.45) is -1.04. The maximum Gasteiger partial charge on any atom is 0.348 e. The Hall–Kier alpha value is -4.42. The molecule has 5 fully saturated rings. The summed E-state index contributed by atoms with van der Waals surface area (Å²) in [4.78, 5) is 83.5. The first kappa shape index (κ1) is 40.2. The maximum atomic E-state index is 14.2. The number of cyclic esters (lactones) is 1. The molecular weight excluding hydrogens is 722 g/mol. The molecule has 17 heteroatoms. The summed E-state index contributed by atoms with van der Waals surface area (Å²) in [7, 11) is 0. The van der Waals surface area contributed by atoms with Crippen molar-refractivity contribution in [1.29, 1.82) is 0 Å². The standard InChI is InChI=1S/C38H49N3O14/c1-36(2,3)54-27(45)13-11-23(18-42)40-25(43)14-15-39-35(48)38-16-24-28-29(51-20-50-28)31(38)55-41(30(38)33(46)52-24)17-22-8-6-21(7-9-22)10-12-26(44)53-32-34(47)49-19-37(32,4)5/h6-10,12,23-24,28-32,42H,11,13-20H2,1-5H3,(H,39,48)(H,40,43)/t23-,24+,28-,29-,30-,31+,32-,38-/m0/s1. The highest BCUT2D eigenvalue weighted by Crippen LogP contribution is 2.55. The molecule has 55 heavy (non-hydrogen) atoms. The fourth-order valence-electron chi connectivity index (χ4n) is 7.65. The maximum absolute atomic E-state index is 14.2. The normalized spacial score (nSPS) is 29.9. The van der Waals surface area contributed by atoms with E-state index < -0.39 is 94.7 Å². The second-order valence-corrected chi connectivity index (χ2v) is 16.2. The van der Waals surface area contributed by atoms with Crippen molar-refractivity contribution in [2.24, 2.45) is 10.8 Å². The monoisotopic (exact) mass is 771 g/mol. The van der Waals surface area contributed by atoms with Crippen molar-refractivity contribution >= 4 is 41.8 Å². The molecule has 4 heterocycles. The Labute approximate surface area is 318 Å². The van der Waals surface area contributed by atoms with E-state index in [4.69, 9.17) is 33.3 Å². The molecule has 1 saturated carbocycles. The van der Waals surface area contributed by atoms with Crippen LogP contribution in [0.5, 0.6) is 0 Å². The Bertz CT molecular complexity index is 1690. The van der Waals surface area contributed by atoms with Crippen molar-refractivity contribution in [3.63, 3.8) is 0 Å². The Morgan fingerprint density at radius 1 is 1.05 bits per heavy atom. The second kappa shape index (κ2) is 16.0. The summed E-state index contributed by atoms with van der Waals surface area (Å²) >= 11 is 0. The number of nitrogens with one attached hydrogen (secondary N) is 2. The average Bonchev–Trinajstić information content (AvgIpc) is 3.81. The predicted octanol–water partition coefficient (Wildman–Crippen LogP) is 0.841. The lowest BCUT2D eigenvalue weighted by Gasteiger charge is -2.48. The van der Waals surface area contributed by atoms with Gasteiger partial charge in [-0.05, 0) is 44.4 Å². The van der Waals surface area contributed by atoms with E-state index in [9.17, 15) is 33.9 Å². The summed E-state index contributed by atoms with van der Waals surface area (Å²) in [5, 5.41) is 16.7. The van der Waals surface area contributed by atoms with E-state index >= 15 is 0 Å². The van der Waals surface area contributed by atoms with Crippen LogP contribution in [0.1, 0.15) is 71.4 Å². The van der Waals surface area contributed by atoms with Crippen LogP contribution in [0.2, 0.25) is 0 Å². The number of esters is 4. The van der Waals surface area contributed by atoms with Gasteiger partial charge in [-0.1, -0.05) is 38.1 Å². The fraction of sp³-hybridized carbons (Fsp3) is 0.632. The Balaban J connectivity index is 1.08. The van der Waals surface area contributed by atoms with Crippen LogP contribution >= 0.6 is 0 Å². The van der Waals surface area contributed by atoms with Crippen LogP contribution in [0.15, 0.2) is 30.3 Å². The number of hydrogen-bond donors (Lipinski definition) is 3. The SMILES string of the molecule is CC(C)(C)OC(=O)CC[C@@H](CO)NC(=O)CCNC(=O)[C@@]12C[C@H]3OC(=O)[C@@H]1N(Cc1ccc(C=CC(=O)O[C@H]4C(=O)OCC4(C)C)cc1)O[C@@H]2[C@H]1OCO[C@H]13. The number of carbonyl (C=O) groups is 6. The summed E-state index contributed by atoms with van der Waals surface area (Å²) in [5.41, 5.74) is -1.32. The number of ether oxygens (including phenoxy) is 6. The quantitative estimate of drug-likeness (QED) is 0.136. The number of benzene rings is 1. The number of hydroxylamine groups is 2. The number of carbonyl (C=O) groups excluding carboxylic acids is 6. The number of nitrogens with zero attached hydrogens (tertiary/aromatic N) is 1. The molecule has 0 spiro atoms. The van der Waals surface area contributed by atoms with Crippen molar-refractivity contribution in [2.45, 2.75) is 115 Å². The molecule has 6 rings (SSSR count). The topological polar surface area (TPSA) is 215 Å². The molecule has 17 nitrogen and oxygen atoms in total. The zero-order valence-electron chi connectivity index (χ0n) is 31.6. The number of aliphatic hydroxyl groups is 1. The first-order valence-corrected chi connectivity index (χ1v) is 18.4. The van der Waals surface area contributed by atoms with Crippen molar-refractivity contribution in [2.75, 3.05) is 26.6 Å². The van der Waals surface area contributed by atoms with Crippen molar-refractivity contribution in [3.8, 4) is 0 Å². The molecule has 5 aliphatic rings. The predicted molar refractivity (Wildman–Crippen MR) is 188 cm³/mol. The lowest BCUT2D eigenvalue weighted by molar-refractivity contribution is -0.201. The third kappa shape index (κ3) is 8.70. The van der Waals surface area contributed by atoms with Gasteiger partial charge in [-0.25, -0.2) is 9.59 Å². The highest BCUT2D eigenvalue weighted by atomic mass is 16.8. The van der Waals surface area contributed by atoms with Crippen LogP contribution in [0.25, 0.3) is 6.08 Å². The van der Waals surface area contributed by atoms with Gasteiger partial charge in [0.25, 0.3) is 0 Å². The van der Waals surface area contributed by atoms with Crippen LogP contribution < -0.4 is 10.6 Å². The molecular formula is C38H49N3O14. The highest BCUT2D eigenvalue weighted by Gasteiger charge is 2.74. The lowest BCUT2D eigenvalue weighted by atomic mass is 9.62. The third-order valence-electron chi connectivity index (χ3n) is 10.3. The van der Waals surface area contributed by atoms with E-state index in [1.54, 1.807) is 65.0 Å². The van der Waals surface area contributed by atoms with E-state index in [2.05, 4.69) is 10.6 Å². The van der Waals surface area contributed by atoms with Crippen LogP contribution in [-0.2, 0) is 68.6 Å². The van der Waals surface area contributed by atoms with Crippen molar-refractivity contribution in [1.82, 2.24) is 15.7 Å². The summed E-state index contributed by atoms with van der Waals surface area (Å²) in [5.74, 6) is -3.31. The minimum absolute atomic E-state index is 0.00375. The molecule has 0 radical (unpaired) electrons. The van der Waals surface area contributed by atoms with Crippen LogP contribution in [0.3, 0.4) is 0 Å². The molecule has 1 aromatic carbocycles. The van der Waals surface area contributed by atoms with Gasteiger partial charge < -0.3 is 44.2 Å². The molecule has 4 aliphatic heterocycles. The largest absolute Gasteiger partial charge is 0.462 e. The minimum atomic E-state index is -1.42. The first-order valence-electron chi connectivity index (χ1n) is 18.4. The molecule has 0 aromatic heterocycles. The smallest absolute Gasteiger partial charge is 0.348 e. The Kier molecular flexibility index (Phi) is 11.7. The van der Waals surface area contributed by atoms with Gasteiger partial charge in [0.1, 0.15) is 48.8 Å². The first-order chi connectivity index (χ1) is 26.0. The Morgan fingerprint density at radius 2 is 1.78 bits per heavy atom. The van der Waals surface area contributed by atoms with E-state index in [-0.39, 0.29) is 58.8 Å². The summed E-state index contributed by atoms with van der Waals surface area (Å²) in [6, 6.07) is 5.24. The highest BCUT2D eigenvalue weighted by molar-refractivity contribution is 5.94. The minimum Gasteiger partial charge on any atom is -0.462 e. The zero-order valence-corrected chi connectivity index (χ0v) is 31.6. The summed E-state index contributed by atoms with van der Waals surface area (Å²) in [6.45, 7) is 8.53. The van der Waals surface area contributed by atoms with Gasteiger partial charge in [-0.2, -0.15) is 5.06 Å². The van der Waals surface area contributed by atoms with Gasteiger partial charge in [-0.3, -0.25) is 24.0 Å². The number of amides is 2. The average molecular weight is 772 g/mol. The molecule has 1 aliphatic carbocycles. The van der Waals surface area contributed by atoms with Gasteiger partial charge in [0.15, 0.2) is 6.04 Å². The van der Waals surface area contributed by atoms with Gasteiger partial charge >= 0.3 is 23.9 Å². The molecule has 2 amide bonds. The molecule has 8 atom stereocenters. The van der Waals surface area contributed by atoms with E-state index in [0.29, 0.717) is 5.56 Å². The molecule has 0 unspecified atom stereocenters. The molecule has 1 aromatic rings. The van der Waals surface area contributed by atoms with Crippen LogP contribution in [0.4, 0.5) is 0 Å². The molecule has 2 bridgehead atoms. The number of hydrogen-bond acceptors (Lipinski definition) is 15. The van der Waals surface area contributed by atoms with Gasteiger partial charge in [0.05, 0.1) is 19.2 Å². The molecule has 4 saturated heterocycles. The number of fused-ring (bicyclic) bond motifs is 4. The van der Waals surface area contributed by atoms with E-state index in [1.807, 2.05) is 0 Å². The van der Waals surface area contributed by atoms with E-state index in [1.165, 1.54) is 11.1 Å². The number of rotatable bonds is 14. The van der Waals surface area contributed by atoms with Gasteiger partial charge in [-0.15, -0.1) is 0 Å². The molecule has 3 N–H and O–H groups in total. The van der Waals surface area contributed by atoms with Crippen molar-refractivity contribution in [3.05, 3.63) is 41.5 Å². The van der Waals surface area contributed by atoms with Crippen molar-refractivity contribution < 1.29 is 67.1 Å². The van der Waals surface area contributed by atoms with E-state index in [0.717, 1.165) is 5.56 Å². The fourth-order valence-corrected chi connectivity index (χ4v) is 7.65. The van der Waals surface area contributed by atoms with Crippen LogP contribution in [-0.4, -0.2) is 121 Å². The molecule has 300 valence electrons. The Morgan fingerprint density at radius 3 is 2.45 bits per heavy atom. The second-order valence-electron chi connectivity index (χ2n) is 16.2. The summed E-state index contributed by atoms with van der Waals surface area (Å²) < 4.78 is 33.1. The van der Waals surface area contributed by atoms with Crippen LogP contribution in [0, 0.1) is 10.8 Å². The zero-order chi connectivity index (χ0) is 39.7. The van der Waals surface area contributed by atoms with Gasteiger partial charge in [0.2, 0.25) is 17.9 Å². The number of aliphatic hydroxyl groups excluding tert-OH is 1. The lowest BCUT2D eigenvalue weighted by Crippen LogP contribution is -2.69.